The summed E-state index contributed by atoms with van der Waals surface area (Å²) in [7, 11) is 0. The standard InChI is InChI=1S/C24H28N2O5/c1-2-3-13-30-21-11-8-18(9-12-21)24(29)25-15-23(28)31-16-22(27)26-20-10-7-17-5-4-6-19(17)14-20/h7-12,14H,2-6,13,15-16H2,1H3,(H,25,29)(H,26,27). The molecule has 164 valence electrons. The minimum atomic E-state index is -0.683. The van der Waals surface area contributed by atoms with Crippen molar-refractivity contribution in [2.24, 2.45) is 0 Å². The van der Waals surface area contributed by atoms with E-state index < -0.39 is 24.4 Å². The molecule has 2 N–H and O–H groups in total. The summed E-state index contributed by atoms with van der Waals surface area (Å²) in [5.74, 6) is -0.813. The van der Waals surface area contributed by atoms with Crippen molar-refractivity contribution in [1.29, 1.82) is 0 Å². The number of fused-ring (bicyclic) bond motifs is 1. The highest BCUT2D eigenvalue weighted by Gasteiger charge is 2.14. The van der Waals surface area contributed by atoms with Crippen LogP contribution in [0.25, 0.3) is 0 Å². The first-order valence-electron chi connectivity index (χ1n) is 10.6. The quantitative estimate of drug-likeness (QED) is 0.451. The Morgan fingerprint density at radius 3 is 2.55 bits per heavy atom. The summed E-state index contributed by atoms with van der Waals surface area (Å²) < 4.78 is 10.5. The normalized spacial score (nSPS) is 12.0. The van der Waals surface area contributed by atoms with Crippen LogP contribution in [0.5, 0.6) is 5.75 Å². The molecule has 0 aliphatic heterocycles. The third-order valence-electron chi connectivity index (χ3n) is 5.02. The summed E-state index contributed by atoms with van der Waals surface area (Å²) in [6.07, 6.45) is 5.24. The van der Waals surface area contributed by atoms with Gasteiger partial charge in [0.25, 0.3) is 11.8 Å². The molecule has 7 heteroatoms. The summed E-state index contributed by atoms with van der Waals surface area (Å²) in [5, 5.41) is 5.21. The fourth-order valence-corrected chi connectivity index (χ4v) is 3.34. The molecule has 1 aliphatic rings. The van der Waals surface area contributed by atoms with Crippen LogP contribution in [-0.2, 0) is 27.2 Å². The largest absolute Gasteiger partial charge is 0.494 e. The number of anilines is 1. The second kappa shape index (κ2) is 11.2. The number of unbranched alkanes of at least 4 members (excludes halogenated alkanes) is 1. The topological polar surface area (TPSA) is 93.7 Å². The number of hydrogen-bond donors (Lipinski definition) is 2. The van der Waals surface area contributed by atoms with Crippen LogP contribution in [0.2, 0.25) is 0 Å². The number of hydrogen-bond acceptors (Lipinski definition) is 5. The van der Waals surface area contributed by atoms with Gasteiger partial charge in [0.1, 0.15) is 12.3 Å². The van der Waals surface area contributed by atoms with Crippen LogP contribution in [-0.4, -0.2) is 37.5 Å². The van der Waals surface area contributed by atoms with Crippen LogP contribution in [0, 0.1) is 0 Å². The summed E-state index contributed by atoms with van der Waals surface area (Å²) in [4.78, 5) is 36.0. The van der Waals surface area contributed by atoms with Crippen molar-refractivity contribution < 1.29 is 23.9 Å². The van der Waals surface area contributed by atoms with E-state index in [2.05, 4.69) is 17.6 Å². The Bertz CT molecular complexity index is 924. The maximum atomic E-state index is 12.2. The van der Waals surface area contributed by atoms with Gasteiger partial charge in [-0.2, -0.15) is 0 Å². The van der Waals surface area contributed by atoms with E-state index in [0.717, 1.165) is 32.1 Å². The van der Waals surface area contributed by atoms with Crippen LogP contribution in [0.4, 0.5) is 5.69 Å². The summed E-state index contributed by atoms with van der Waals surface area (Å²) in [6, 6.07) is 12.5. The van der Waals surface area contributed by atoms with Gasteiger partial charge in [-0.25, -0.2) is 0 Å². The Morgan fingerprint density at radius 2 is 1.77 bits per heavy atom. The number of benzene rings is 2. The number of nitrogens with one attached hydrogen (secondary N) is 2. The third kappa shape index (κ3) is 6.84. The molecule has 3 rings (SSSR count). The molecule has 0 saturated carbocycles. The molecule has 2 amide bonds. The van der Waals surface area contributed by atoms with Gasteiger partial charge in [-0.1, -0.05) is 19.4 Å². The van der Waals surface area contributed by atoms with E-state index >= 15 is 0 Å². The Morgan fingerprint density at radius 1 is 1.00 bits per heavy atom. The zero-order chi connectivity index (χ0) is 22.1. The smallest absolute Gasteiger partial charge is 0.325 e. The average Bonchev–Trinajstić information content (AvgIpc) is 3.24. The zero-order valence-corrected chi connectivity index (χ0v) is 17.7. The first-order valence-corrected chi connectivity index (χ1v) is 10.6. The van der Waals surface area contributed by atoms with Crippen molar-refractivity contribution in [1.82, 2.24) is 5.32 Å². The van der Waals surface area contributed by atoms with Crippen LogP contribution < -0.4 is 15.4 Å². The van der Waals surface area contributed by atoms with Gasteiger partial charge in [-0.15, -0.1) is 0 Å². The molecule has 0 aromatic heterocycles. The number of esters is 1. The van der Waals surface area contributed by atoms with Crippen LogP contribution in [0.1, 0.15) is 47.7 Å². The van der Waals surface area contributed by atoms with Gasteiger partial charge in [0.15, 0.2) is 6.61 Å². The maximum Gasteiger partial charge on any atom is 0.325 e. The second-order valence-electron chi connectivity index (χ2n) is 7.45. The SMILES string of the molecule is CCCCOc1ccc(C(=O)NCC(=O)OCC(=O)Nc2ccc3c(c2)CCC3)cc1. The lowest BCUT2D eigenvalue weighted by molar-refractivity contribution is -0.146. The van der Waals surface area contributed by atoms with E-state index in [1.165, 1.54) is 11.1 Å². The first kappa shape index (κ1) is 22.3. The molecular formula is C24H28N2O5. The predicted octanol–water partition coefficient (Wildman–Crippen LogP) is 3.27. The molecule has 0 unspecified atom stereocenters. The fraction of sp³-hybridized carbons (Fsp3) is 0.375. The molecular weight excluding hydrogens is 396 g/mol. The number of ether oxygens (including phenoxy) is 2. The maximum absolute atomic E-state index is 12.2. The van der Waals surface area contributed by atoms with Gasteiger partial charge in [0, 0.05) is 11.3 Å². The molecule has 0 fully saturated rings. The molecule has 31 heavy (non-hydrogen) atoms. The van der Waals surface area contributed by atoms with Crippen molar-refractivity contribution in [3.05, 3.63) is 59.2 Å². The molecule has 2 aromatic carbocycles. The van der Waals surface area contributed by atoms with E-state index in [0.29, 0.717) is 23.6 Å². The number of rotatable bonds is 10. The lowest BCUT2D eigenvalue weighted by Crippen LogP contribution is -2.32. The van der Waals surface area contributed by atoms with Crippen LogP contribution in [0.15, 0.2) is 42.5 Å². The molecule has 1 aliphatic carbocycles. The van der Waals surface area contributed by atoms with Crippen molar-refractivity contribution in [2.45, 2.75) is 39.0 Å². The second-order valence-corrected chi connectivity index (χ2v) is 7.45. The minimum Gasteiger partial charge on any atom is -0.494 e. The summed E-state index contributed by atoms with van der Waals surface area (Å²) in [5.41, 5.74) is 3.67. The molecule has 0 heterocycles. The molecule has 0 saturated heterocycles. The Kier molecular flexibility index (Phi) is 8.04. The van der Waals surface area contributed by atoms with Crippen LogP contribution >= 0.6 is 0 Å². The molecule has 0 bridgehead atoms. The summed E-state index contributed by atoms with van der Waals surface area (Å²) >= 11 is 0. The van der Waals surface area contributed by atoms with E-state index in [1.807, 2.05) is 18.2 Å². The van der Waals surface area contributed by atoms with E-state index in [4.69, 9.17) is 9.47 Å². The zero-order valence-electron chi connectivity index (χ0n) is 17.7. The van der Waals surface area contributed by atoms with Gasteiger partial charge >= 0.3 is 5.97 Å². The highest BCUT2D eigenvalue weighted by atomic mass is 16.5. The van der Waals surface area contributed by atoms with Crippen molar-refractivity contribution in [2.75, 3.05) is 25.1 Å². The van der Waals surface area contributed by atoms with Gasteiger partial charge in [0.05, 0.1) is 6.61 Å². The van der Waals surface area contributed by atoms with Crippen molar-refractivity contribution in [3.63, 3.8) is 0 Å². The van der Waals surface area contributed by atoms with E-state index in [-0.39, 0.29) is 6.54 Å². The Hall–Kier alpha value is -3.35. The average molecular weight is 424 g/mol. The number of carbonyl (C=O) groups excluding carboxylic acids is 3. The minimum absolute atomic E-state index is 0.320. The van der Waals surface area contributed by atoms with E-state index in [1.54, 1.807) is 24.3 Å². The Labute approximate surface area is 182 Å². The predicted molar refractivity (Wildman–Crippen MR) is 117 cm³/mol. The van der Waals surface area contributed by atoms with Crippen LogP contribution in [0.3, 0.4) is 0 Å². The monoisotopic (exact) mass is 424 g/mol. The number of aryl methyl sites for hydroxylation is 2. The van der Waals surface area contributed by atoms with Crippen molar-refractivity contribution in [3.8, 4) is 5.75 Å². The Balaban J connectivity index is 1.36. The number of amides is 2. The van der Waals surface area contributed by atoms with Gasteiger partial charge in [-0.05, 0) is 73.2 Å². The lowest BCUT2D eigenvalue weighted by atomic mass is 10.1. The highest BCUT2D eigenvalue weighted by molar-refractivity contribution is 5.96. The van der Waals surface area contributed by atoms with Crippen molar-refractivity contribution >= 4 is 23.5 Å². The molecule has 0 radical (unpaired) electrons. The van der Waals surface area contributed by atoms with Gasteiger partial charge < -0.3 is 20.1 Å². The molecule has 2 aromatic rings. The molecule has 0 atom stereocenters. The lowest BCUT2D eigenvalue weighted by Gasteiger charge is -2.09. The molecule has 0 spiro atoms. The third-order valence-corrected chi connectivity index (χ3v) is 5.02. The van der Waals surface area contributed by atoms with Gasteiger partial charge in [0.2, 0.25) is 0 Å². The highest BCUT2D eigenvalue weighted by Crippen LogP contribution is 2.24. The van der Waals surface area contributed by atoms with Gasteiger partial charge in [-0.3, -0.25) is 14.4 Å². The molecule has 7 nitrogen and oxygen atoms in total. The van der Waals surface area contributed by atoms with E-state index in [9.17, 15) is 14.4 Å². The fourth-order valence-electron chi connectivity index (χ4n) is 3.34. The first-order chi connectivity index (χ1) is 15.0. The number of carbonyl (C=O) groups is 3. The summed E-state index contributed by atoms with van der Waals surface area (Å²) in [6.45, 7) is 1.99.